The van der Waals surface area contributed by atoms with E-state index in [9.17, 15) is 9.59 Å². The minimum absolute atomic E-state index is 0.301. The summed E-state index contributed by atoms with van der Waals surface area (Å²) in [4.78, 5) is 26.5. The molecule has 0 spiro atoms. The first-order valence-corrected chi connectivity index (χ1v) is 11.7. The van der Waals surface area contributed by atoms with E-state index in [0.717, 1.165) is 57.4 Å². The highest BCUT2D eigenvalue weighted by Gasteiger charge is 2.21. The molecule has 5 aromatic rings. The van der Waals surface area contributed by atoms with Crippen LogP contribution in [0.25, 0.3) is 26.9 Å². The molecule has 0 amide bonds. The van der Waals surface area contributed by atoms with E-state index in [1.807, 2.05) is 25.1 Å². The Hall–Kier alpha value is -3.42. The lowest BCUT2D eigenvalue weighted by atomic mass is 10.1. The van der Waals surface area contributed by atoms with E-state index in [0.29, 0.717) is 21.2 Å². The van der Waals surface area contributed by atoms with E-state index in [1.54, 1.807) is 35.0 Å². The number of nitrogens with zero attached hydrogens (tertiary/aromatic N) is 2. The summed E-state index contributed by atoms with van der Waals surface area (Å²) in [5.41, 5.74) is 3.63. The number of aryl methyl sites for hydroxylation is 2. The minimum Gasteiger partial charge on any atom is -0.422 e. The first-order valence-electron chi connectivity index (χ1n) is 10.5. The molecular formula is C25H17ClN2O4S. The molecule has 0 unspecified atom stereocenters. The summed E-state index contributed by atoms with van der Waals surface area (Å²) in [6.45, 7) is 1.90. The van der Waals surface area contributed by atoms with Crippen LogP contribution >= 0.6 is 22.9 Å². The number of carbonyl (C=O) groups excluding carboxylic acids is 1. The number of esters is 1. The maximum atomic E-state index is 12.9. The van der Waals surface area contributed by atoms with Gasteiger partial charge in [-0.15, -0.1) is 11.3 Å². The van der Waals surface area contributed by atoms with Gasteiger partial charge in [-0.25, -0.2) is 14.3 Å². The van der Waals surface area contributed by atoms with Crippen LogP contribution in [-0.2, 0) is 12.8 Å². The predicted molar refractivity (Wildman–Crippen MR) is 128 cm³/mol. The van der Waals surface area contributed by atoms with Crippen molar-refractivity contribution in [1.29, 1.82) is 0 Å². The molecule has 0 bridgehead atoms. The van der Waals surface area contributed by atoms with E-state index in [-0.39, 0.29) is 5.63 Å². The normalized spacial score (nSPS) is 13.0. The van der Waals surface area contributed by atoms with Crippen molar-refractivity contribution >= 4 is 50.1 Å². The molecule has 6 nitrogen and oxygen atoms in total. The van der Waals surface area contributed by atoms with Crippen LogP contribution in [0.3, 0.4) is 0 Å². The molecule has 3 heterocycles. The number of fused-ring (bicyclic) bond motifs is 4. The molecule has 0 saturated carbocycles. The Morgan fingerprint density at radius 3 is 2.70 bits per heavy atom. The van der Waals surface area contributed by atoms with Crippen molar-refractivity contribution in [3.05, 3.63) is 85.7 Å². The van der Waals surface area contributed by atoms with Gasteiger partial charge in [0, 0.05) is 27.4 Å². The topological polar surface area (TPSA) is 74.3 Å². The minimum atomic E-state index is -0.471. The van der Waals surface area contributed by atoms with Gasteiger partial charge in [-0.05, 0) is 74.2 Å². The zero-order chi connectivity index (χ0) is 22.7. The fourth-order valence-electron chi connectivity index (χ4n) is 4.39. The van der Waals surface area contributed by atoms with Gasteiger partial charge in [0.1, 0.15) is 21.0 Å². The van der Waals surface area contributed by atoms with E-state index in [2.05, 4.69) is 5.10 Å². The number of aromatic nitrogens is 2. The first kappa shape index (κ1) is 20.2. The molecule has 0 fully saturated rings. The largest absolute Gasteiger partial charge is 0.422 e. The average Bonchev–Trinajstić information content (AvgIpc) is 3.52. The molecule has 0 saturated heterocycles. The number of hydrogen-bond donors (Lipinski definition) is 0. The van der Waals surface area contributed by atoms with Crippen molar-refractivity contribution in [3.8, 4) is 11.4 Å². The summed E-state index contributed by atoms with van der Waals surface area (Å²) in [5, 5.41) is 7.03. The molecule has 0 atom stereocenters. The number of thiophene rings is 1. The number of benzene rings is 2. The number of hydrogen-bond acceptors (Lipinski definition) is 6. The lowest BCUT2D eigenvalue weighted by Crippen LogP contribution is -2.08. The van der Waals surface area contributed by atoms with Crippen LogP contribution < -0.4 is 10.4 Å². The Morgan fingerprint density at radius 1 is 1.09 bits per heavy atom. The SMILES string of the molecule is Cc1nn(-c2ccc(Cl)cc2)c2sc(C(=O)Oc3ccc4c5c(c(=O)oc4c3)CCC5)cc12. The van der Waals surface area contributed by atoms with Crippen molar-refractivity contribution in [2.45, 2.75) is 26.2 Å². The van der Waals surface area contributed by atoms with Gasteiger partial charge in [0.2, 0.25) is 0 Å². The van der Waals surface area contributed by atoms with E-state index >= 15 is 0 Å². The third-order valence-corrected chi connectivity index (χ3v) is 7.32. The summed E-state index contributed by atoms with van der Waals surface area (Å²) in [7, 11) is 0. The molecule has 8 heteroatoms. The first-order chi connectivity index (χ1) is 16.0. The van der Waals surface area contributed by atoms with Gasteiger partial charge in [0.05, 0.1) is 11.4 Å². The number of carbonyl (C=O) groups is 1. The Kier molecular flexibility index (Phi) is 4.64. The summed E-state index contributed by atoms with van der Waals surface area (Å²) >= 11 is 7.32. The Balaban J connectivity index is 1.33. The standard InChI is InChI=1S/C25H17ClN2O4S/c1-13-20-12-22(33-23(20)28(27-13)15-7-5-14(26)6-8-15)25(30)31-16-9-10-18-17-3-2-4-19(17)24(29)32-21(18)11-16/h5-12H,2-4H2,1H3. The van der Waals surface area contributed by atoms with E-state index in [1.165, 1.54) is 11.3 Å². The quantitative estimate of drug-likeness (QED) is 0.185. The monoisotopic (exact) mass is 476 g/mol. The molecule has 0 radical (unpaired) electrons. The lowest BCUT2D eigenvalue weighted by molar-refractivity contribution is 0.0740. The average molecular weight is 477 g/mol. The van der Waals surface area contributed by atoms with Gasteiger partial charge < -0.3 is 9.15 Å². The molecule has 0 aliphatic heterocycles. The zero-order valence-corrected chi connectivity index (χ0v) is 19.1. The van der Waals surface area contributed by atoms with Crippen molar-refractivity contribution in [2.75, 3.05) is 0 Å². The van der Waals surface area contributed by atoms with Crippen LogP contribution in [0.1, 0.15) is 32.9 Å². The Bertz CT molecular complexity index is 1630. The third-order valence-electron chi connectivity index (χ3n) is 5.97. The molecule has 1 aliphatic rings. The van der Waals surface area contributed by atoms with Crippen molar-refractivity contribution in [3.63, 3.8) is 0 Å². The molecule has 0 N–H and O–H groups in total. The highest BCUT2D eigenvalue weighted by atomic mass is 35.5. The van der Waals surface area contributed by atoms with Crippen LogP contribution in [0.4, 0.5) is 0 Å². The van der Waals surface area contributed by atoms with Crippen LogP contribution in [0.5, 0.6) is 5.75 Å². The van der Waals surface area contributed by atoms with Gasteiger partial charge >= 0.3 is 11.6 Å². The second-order valence-corrected chi connectivity index (χ2v) is 9.52. The zero-order valence-electron chi connectivity index (χ0n) is 17.6. The maximum Gasteiger partial charge on any atom is 0.353 e. The smallest absolute Gasteiger partial charge is 0.353 e. The number of halogens is 1. The van der Waals surface area contributed by atoms with Gasteiger partial charge in [-0.2, -0.15) is 5.10 Å². The highest BCUT2D eigenvalue weighted by molar-refractivity contribution is 7.20. The van der Waals surface area contributed by atoms with Gasteiger partial charge in [0.25, 0.3) is 0 Å². The van der Waals surface area contributed by atoms with Crippen LogP contribution in [0, 0.1) is 6.92 Å². The van der Waals surface area contributed by atoms with Crippen molar-refractivity contribution in [1.82, 2.24) is 9.78 Å². The number of rotatable bonds is 3. The lowest BCUT2D eigenvalue weighted by Gasteiger charge is -2.07. The molecule has 164 valence electrons. The second kappa shape index (κ2) is 7.57. The molecule has 6 rings (SSSR count). The predicted octanol–water partition coefficient (Wildman–Crippen LogP) is 5.86. The summed E-state index contributed by atoms with van der Waals surface area (Å²) in [6.07, 6.45) is 2.57. The second-order valence-electron chi connectivity index (χ2n) is 8.05. The van der Waals surface area contributed by atoms with Crippen molar-refractivity contribution < 1.29 is 13.9 Å². The van der Waals surface area contributed by atoms with E-state index < -0.39 is 5.97 Å². The Labute approximate surface area is 197 Å². The molecule has 33 heavy (non-hydrogen) atoms. The molecular weight excluding hydrogens is 460 g/mol. The van der Waals surface area contributed by atoms with Gasteiger partial charge in [0.15, 0.2) is 0 Å². The third kappa shape index (κ3) is 3.35. The molecule has 2 aromatic carbocycles. The summed E-state index contributed by atoms with van der Waals surface area (Å²) in [5.74, 6) is -0.136. The van der Waals surface area contributed by atoms with Gasteiger partial charge in [-0.1, -0.05) is 11.6 Å². The van der Waals surface area contributed by atoms with Crippen LogP contribution in [-0.4, -0.2) is 15.7 Å². The van der Waals surface area contributed by atoms with E-state index in [4.69, 9.17) is 20.8 Å². The van der Waals surface area contributed by atoms with Crippen molar-refractivity contribution in [2.24, 2.45) is 0 Å². The highest BCUT2D eigenvalue weighted by Crippen LogP contribution is 2.33. The molecule has 3 aromatic heterocycles. The molecule has 1 aliphatic carbocycles. The van der Waals surface area contributed by atoms with Crippen LogP contribution in [0.15, 0.2) is 57.7 Å². The summed E-state index contributed by atoms with van der Waals surface area (Å²) < 4.78 is 12.9. The van der Waals surface area contributed by atoms with Gasteiger partial charge in [-0.3, -0.25) is 0 Å². The number of ether oxygens (including phenoxy) is 1. The summed E-state index contributed by atoms with van der Waals surface area (Å²) in [6, 6.07) is 14.4. The fraction of sp³-hybridized carbons (Fsp3) is 0.160. The van der Waals surface area contributed by atoms with Crippen LogP contribution in [0.2, 0.25) is 5.02 Å². The maximum absolute atomic E-state index is 12.9. The Morgan fingerprint density at radius 2 is 1.88 bits per heavy atom. The fourth-order valence-corrected chi connectivity index (χ4v) is 5.58.